The first-order chi connectivity index (χ1) is 6.84. The van der Waals surface area contributed by atoms with Crippen LogP contribution in [0.25, 0.3) is 0 Å². The maximum absolute atomic E-state index is 5.52. The number of hydrogen-bond donors (Lipinski definition) is 2. The van der Waals surface area contributed by atoms with Gasteiger partial charge in [0.2, 0.25) is 0 Å². The molecule has 1 saturated heterocycles. The number of rotatable bonds is 2. The lowest BCUT2D eigenvalue weighted by atomic mass is 10.1. The van der Waals surface area contributed by atoms with Crippen LogP contribution in [0.3, 0.4) is 0 Å². The maximum Gasteiger partial charge on any atom is 0.147 e. The molecule has 2 heterocycles. The average Bonchev–Trinajstić information content (AvgIpc) is 2.19. The van der Waals surface area contributed by atoms with Crippen LogP contribution in [-0.4, -0.2) is 29.2 Å². The third-order valence-electron chi connectivity index (χ3n) is 2.17. The van der Waals surface area contributed by atoms with Gasteiger partial charge >= 0.3 is 0 Å². The van der Waals surface area contributed by atoms with E-state index in [1.54, 1.807) is 6.20 Å². The molecular weight excluding hydrogens is 180 g/mol. The summed E-state index contributed by atoms with van der Waals surface area (Å²) in [6.07, 6.45) is 5.40. The van der Waals surface area contributed by atoms with Gasteiger partial charge in [0, 0.05) is 6.61 Å². The van der Waals surface area contributed by atoms with E-state index in [1.807, 2.05) is 0 Å². The van der Waals surface area contributed by atoms with Crippen LogP contribution in [0.1, 0.15) is 12.8 Å². The Morgan fingerprint density at radius 1 is 1.50 bits per heavy atom. The van der Waals surface area contributed by atoms with Crippen molar-refractivity contribution in [1.82, 2.24) is 9.97 Å². The van der Waals surface area contributed by atoms with Crippen LogP contribution in [-0.2, 0) is 4.74 Å². The van der Waals surface area contributed by atoms with Gasteiger partial charge in [-0.05, 0) is 12.8 Å². The number of nitrogens with two attached hydrogens (primary N) is 1. The second kappa shape index (κ2) is 4.23. The maximum atomic E-state index is 5.52. The number of ether oxygens (including phenoxy) is 1. The predicted molar refractivity (Wildman–Crippen MR) is 53.9 cm³/mol. The van der Waals surface area contributed by atoms with Crippen LogP contribution in [0.2, 0.25) is 0 Å². The van der Waals surface area contributed by atoms with Gasteiger partial charge in [-0.2, -0.15) is 0 Å². The number of nitrogens with zero attached hydrogens (tertiary/aromatic N) is 2. The highest BCUT2D eigenvalue weighted by atomic mass is 16.5. The summed E-state index contributed by atoms with van der Waals surface area (Å²) in [5.74, 6) is 1.16. The second-order valence-electron chi connectivity index (χ2n) is 3.39. The van der Waals surface area contributed by atoms with E-state index in [0.29, 0.717) is 11.9 Å². The molecule has 3 N–H and O–H groups in total. The Labute approximate surface area is 82.7 Å². The van der Waals surface area contributed by atoms with E-state index in [2.05, 4.69) is 15.3 Å². The van der Waals surface area contributed by atoms with Crippen molar-refractivity contribution in [3.63, 3.8) is 0 Å². The summed E-state index contributed by atoms with van der Waals surface area (Å²) in [6.45, 7) is 1.59. The molecule has 1 fully saturated rings. The minimum atomic E-state index is 0.333. The number of nitrogens with one attached hydrogen (secondary N) is 1. The number of aromatic nitrogens is 2. The molecule has 1 aromatic rings. The quantitative estimate of drug-likeness (QED) is 0.723. The van der Waals surface area contributed by atoms with E-state index in [-0.39, 0.29) is 0 Å². The van der Waals surface area contributed by atoms with Crippen LogP contribution in [0.15, 0.2) is 12.4 Å². The molecule has 0 saturated carbocycles. The van der Waals surface area contributed by atoms with Gasteiger partial charge in [0.25, 0.3) is 0 Å². The van der Waals surface area contributed by atoms with Gasteiger partial charge in [-0.1, -0.05) is 0 Å². The summed E-state index contributed by atoms with van der Waals surface area (Å²) < 4.78 is 5.34. The lowest BCUT2D eigenvalue weighted by molar-refractivity contribution is 0.0875. The van der Waals surface area contributed by atoms with Crippen LogP contribution < -0.4 is 11.1 Å². The Bertz CT molecular complexity index is 299. The van der Waals surface area contributed by atoms with E-state index in [1.165, 1.54) is 6.20 Å². The lowest BCUT2D eigenvalue weighted by Crippen LogP contribution is -2.30. The molecule has 0 aliphatic carbocycles. The topological polar surface area (TPSA) is 73.1 Å². The molecule has 1 aliphatic rings. The number of anilines is 2. The second-order valence-corrected chi connectivity index (χ2v) is 3.39. The Kier molecular flexibility index (Phi) is 2.78. The Morgan fingerprint density at radius 3 is 3.14 bits per heavy atom. The largest absolute Gasteiger partial charge is 0.382 e. The van der Waals surface area contributed by atoms with Crippen molar-refractivity contribution >= 4 is 11.6 Å². The fraction of sp³-hybridized carbons (Fsp3) is 0.556. The molecule has 0 aromatic carbocycles. The molecule has 14 heavy (non-hydrogen) atoms. The zero-order valence-electron chi connectivity index (χ0n) is 7.94. The third-order valence-corrected chi connectivity index (χ3v) is 2.17. The van der Waals surface area contributed by atoms with Crippen LogP contribution >= 0.6 is 0 Å². The molecule has 5 heteroatoms. The van der Waals surface area contributed by atoms with Crippen molar-refractivity contribution in [1.29, 1.82) is 0 Å². The Morgan fingerprint density at radius 2 is 2.43 bits per heavy atom. The normalized spacial score (nSPS) is 21.9. The molecule has 0 bridgehead atoms. The van der Waals surface area contributed by atoms with Gasteiger partial charge in [0.15, 0.2) is 0 Å². The standard InChI is InChI=1S/C9H14N4O/c10-8-4-11-5-9(13-8)12-7-2-1-3-14-6-7/h4-5,7H,1-3,6H2,(H3,10,12,13)/t7-/m0/s1. The van der Waals surface area contributed by atoms with Crippen molar-refractivity contribution in [3.8, 4) is 0 Å². The molecule has 0 amide bonds. The van der Waals surface area contributed by atoms with E-state index in [4.69, 9.17) is 10.5 Å². The lowest BCUT2D eigenvalue weighted by Gasteiger charge is -2.23. The van der Waals surface area contributed by atoms with Gasteiger partial charge in [0.05, 0.1) is 25.0 Å². The van der Waals surface area contributed by atoms with Crippen LogP contribution in [0, 0.1) is 0 Å². The highest BCUT2D eigenvalue weighted by Gasteiger charge is 2.13. The van der Waals surface area contributed by atoms with E-state index in [9.17, 15) is 0 Å². The zero-order valence-corrected chi connectivity index (χ0v) is 7.94. The van der Waals surface area contributed by atoms with Crippen molar-refractivity contribution in [3.05, 3.63) is 12.4 Å². The van der Waals surface area contributed by atoms with Gasteiger partial charge in [-0.25, -0.2) is 4.98 Å². The van der Waals surface area contributed by atoms with Crippen molar-refractivity contribution in [2.75, 3.05) is 24.3 Å². The molecule has 1 aliphatic heterocycles. The van der Waals surface area contributed by atoms with Crippen molar-refractivity contribution in [2.45, 2.75) is 18.9 Å². The van der Waals surface area contributed by atoms with Gasteiger partial charge in [-0.15, -0.1) is 0 Å². The Balaban J connectivity index is 1.95. The van der Waals surface area contributed by atoms with Gasteiger partial charge in [-0.3, -0.25) is 4.98 Å². The molecule has 1 atom stereocenters. The first kappa shape index (κ1) is 9.21. The minimum Gasteiger partial charge on any atom is -0.382 e. The highest BCUT2D eigenvalue weighted by Crippen LogP contribution is 2.12. The summed E-state index contributed by atoms with van der Waals surface area (Å²) in [6, 6.07) is 0.333. The summed E-state index contributed by atoms with van der Waals surface area (Å²) in [5, 5.41) is 3.24. The molecule has 0 unspecified atom stereocenters. The smallest absolute Gasteiger partial charge is 0.147 e. The predicted octanol–water partition coefficient (Wildman–Crippen LogP) is 0.650. The molecule has 76 valence electrons. The third kappa shape index (κ3) is 2.32. The summed E-state index contributed by atoms with van der Waals surface area (Å²) in [4.78, 5) is 8.07. The highest BCUT2D eigenvalue weighted by molar-refractivity contribution is 5.39. The van der Waals surface area contributed by atoms with E-state index in [0.717, 1.165) is 31.9 Å². The van der Waals surface area contributed by atoms with Crippen molar-refractivity contribution in [2.24, 2.45) is 0 Å². The summed E-state index contributed by atoms with van der Waals surface area (Å²) in [7, 11) is 0. The fourth-order valence-corrected chi connectivity index (χ4v) is 1.51. The molecule has 2 rings (SSSR count). The minimum absolute atomic E-state index is 0.333. The van der Waals surface area contributed by atoms with Crippen LogP contribution in [0.4, 0.5) is 11.6 Å². The fourth-order valence-electron chi connectivity index (χ4n) is 1.51. The zero-order chi connectivity index (χ0) is 9.80. The molecule has 5 nitrogen and oxygen atoms in total. The molecule has 0 radical (unpaired) electrons. The van der Waals surface area contributed by atoms with E-state index < -0.39 is 0 Å². The van der Waals surface area contributed by atoms with Crippen molar-refractivity contribution < 1.29 is 4.74 Å². The molecular formula is C9H14N4O. The van der Waals surface area contributed by atoms with Gasteiger partial charge < -0.3 is 15.8 Å². The number of nitrogen functional groups attached to an aromatic ring is 1. The number of hydrogen-bond acceptors (Lipinski definition) is 5. The Hall–Kier alpha value is -1.36. The monoisotopic (exact) mass is 194 g/mol. The average molecular weight is 194 g/mol. The molecule has 1 aromatic heterocycles. The van der Waals surface area contributed by atoms with E-state index >= 15 is 0 Å². The first-order valence-electron chi connectivity index (χ1n) is 4.76. The first-order valence-corrected chi connectivity index (χ1v) is 4.76. The summed E-state index contributed by atoms with van der Waals surface area (Å²) in [5.41, 5.74) is 5.52. The SMILES string of the molecule is Nc1cncc(N[C@H]2CCCOC2)n1. The summed E-state index contributed by atoms with van der Waals surface area (Å²) >= 11 is 0. The van der Waals surface area contributed by atoms with Crippen LogP contribution in [0.5, 0.6) is 0 Å². The molecule has 0 spiro atoms. The van der Waals surface area contributed by atoms with Gasteiger partial charge in [0.1, 0.15) is 11.6 Å².